The van der Waals surface area contributed by atoms with E-state index >= 15 is 0 Å². The Labute approximate surface area is 78.1 Å². The van der Waals surface area contributed by atoms with Crippen molar-refractivity contribution in [3.63, 3.8) is 0 Å². The van der Waals surface area contributed by atoms with Gasteiger partial charge in [-0.25, -0.2) is 0 Å². The molecule has 0 unspecified atom stereocenters. The predicted octanol–water partition coefficient (Wildman–Crippen LogP) is 3.29. The molecule has 12 heavy (non-hydrogen) atoms. The van der Waals surface area contributed by atoms with Gasteiger partial charge in [0.05, 0.1) is 6.61 Å². The molecule has 0 spiro atoms. The van der Waals surface area contributed by atoms with Gasteiger partial charge in [-0.1, -0.05) is 18.5 Å². The van der Waals surface area contributed by atoms with E-state index in [0.717, 1.165) is 23.8 Å². The summed E-state index contributed by atoms with van der Waals surface area (Å²) in [4.78, 5) is 0. The molecule has 0 saturated carbocycles. The molecule has 0 heterocycles. The molecule has 0 radical (unpaired) electrons. The van der Waals surface area contributed by atoms with Crippen LogP contribution in [0.5, 0.6) is 5.75 Å². The van der Waals surface area contributed by atoms with Crippen molar-refractivity contribution in [1.82, 2.24) is 6.15 Å². The number of halogens is 1. The molecule has 0 aliphatic carbocycles. The molecule has 0 aromatic heterocycles. The van der Waals surface area contributed by atoms with Crippen LogP contribution in [-0.2, 0) is 0 Å². The highest BCUT2D eigenvalue weighted by atomic mass is 35.5. The van der Waals surface area contributed by atoms with E-state index in [1.807, 2.05) is 24.3 Å². The standard InChI is InChI=1S/C9H11ClO.H3N/c1-2-7-11-9-5-3-8(10)4-6-9;/h3-6H,2,7H2,1H3;1H3. The highest BCUT2D eigenvalue weighted by molar-refractivity contribution is 6.30. The quantitative estimate of drug-likeness (QED) is 0.789. The summed E-state index contributed by atoms with van der Waals surface area (Å²) in [6.45, 7) is 2.84. The average molecular weight is 188 g/mol. The van der Waals surface area contributed by atoms with Gasteiger partial charge in [-0.2, -0.15) is 0 Å². The van der Waals surface area contributed by atoms with E-state index in [9.17, 15) is 0 Å². The fourth-order valence-corrected chi connectivity index (χ4v) is 0.877. The van der Waals surface area contributed by atoms with Crippen LogP contribution in [0.2, 0.25) is 5.02 Å². The Kier molecular flexibility index (Phi) is 5.51. The van der Waals surface area contributed by atoms with E-state index < -0.39 is 0 Å². The van der Waals surface area contributed by atoms with E-state index in [2.05, 4.69) is 6.92 Å². The largest absolute Gasteiger partial charge is 0.494 e. The zero-order valence-electron chi connectivity index (χ0n) is 7.22. The van der Waals surface area contributed by atoms with Gasteiger partial charge in [0.2, 0.25) is 0 Å². The first-order valence-corrected chi connectivity index (χ1v) is 4.09. The lowest BCUT2D eigenvalue weighted by molar-refractivity contribution is 0.317. The lowest BCUT2D eigenvalue weighted by Crippen LogP contribution is -1.93. The highest BCUT2D eigenvalue weighted by Crippen LogP contribution is 2.15. The second-order valence-corrected chi connectivity index (χ2v) is 2.74. The molecule has 0 amide bonds. The third kappa shape index (κ3) is 3.60. The predicted molar refractivity (Wildman–Crippen MR) is 52.3 cm³/mol. The molecule has 3 heteroatoms. The number of hydrogen-bond donors (Lipinski definition) is 1. The molecule has 68 valence electrons. The molecular formula is C9H14ClNO. The van der Waals surface area contributed by atoms with Crippen molar-refractivity contribution in [1.29, 1.82) is 0 Å². The summed E-state index contributed by atoms with van der Waals surface area (Å²) in [5.41, 5.74) is 0. The third-order valence-corrected chi connectivity index (χ3v) is 1.54. The zero-order valence-corrected chi connectivity index (χ0v) is 7.97. The van der Waals surface area contributed by atoms with Crippen molar-refractivity contribution >= 4 is 11.6 Å². The van der Waals surface area contributed by atoms with E-state index in [0.29, 0.717) is 0 Å². The van der Waals surface area contributed by atoms with Crippen LogP contribution in [0, 0.1) is 0 Å². The van der Waals surface area contributed by atoms with Crippen LogP contribution < -0.4 is 10.9 Å². The van der Waals surface area contributed by atoms with Crippen LogP contribution in [0.3, 0.4) is 0 Å². The second kappa shape index (κ2) is 5.86. The van der Waals surface area contributed by atoms with Crippen LogP contribution in [0.4, 0.5) is 0 Å². The van der Waals surface area contributed by atoms with Gasteiger partial charge in [0, 0.05) is 5.02 Å². The van der Waals surface area contributed by atoms with Crippen molar-refractivity contribution in [2.24, 2.45) is 0 Å². The van der Waals surface area contributed by atoms with E-state index in [1.165, 1.54) is 0 Å². The van der Waals surface area contributed by atoms with Crippen molar-refractivity contribution < 1.29 is 4.74 Å². The third-order valence-electron chi connectivity index (χ3n) is 1.29. The lowest BCUT2D eigenvalue weighted by Gasteiger charge is -2.02. The SMILES string of the molecule is CCCOc1ccc(Cl)cc1.N. The van der Waals surface area contributed by atoms with Gasteiger partial charge < -0.3 is 10.9 Å². The first-order valence-electron chi connectivity index (χ1n) is 3.71. The maximum atomic E-state index is 5.69. The number of hydrogen-bond acceptors (Lipinski definition) is 2. The fourth-order valence-electron chi connectivity index (χ4n) is 0.751. The molecular weight excluding hydrogens is 174 g/mol. The van der Waals surface area contributed by atoms with Crippen LogP contribution in [0.1, 0.15) is 13.3 Å². The highest BCUT2D eigenvalue weighted by Gasteiger charge is 1.90. The van der Waals surface area contributed by atoms with Gasteiger partial charge in [0.1, 0.15) is 5.75 Å². The maximum Gasteiger partial charge on any atom is 0.119 e. The number of ether oxygens (including phenoxy) is 1. The molecule has 0 aliphatic heterocycles. The summed E-state index contributed by atoms with van der Waals surface area (Å²) in [5.74, 6) is 0.885. The summed E-state index contributed by atoms with van der Waals surface area (Å²) in [7, 11) is 0. The molecule has 2 nitrogen and oxygen atoms in total. The summed E-state index contributed by atoms with van der Waals surface area (Å²) >= 11 is 5.69. The Morgan fingerprint density at radius 3 is 2.33 bits per heavy atom. The Balaban J connectivity index is 0.00000121. The van der Waals surface area contributed by atoms with E-state index in [4.69, 9.17) is 16.3 Å². The van der Waals surface area contributed by atoms with E-state index in [-0.39, 0.29) is 6.15 Å². The molecule has 0 aliphatic rings. The molecule has 0 saturated heterocycles. The Morgan fingerprint density at radius 2 is 1.83 bits per heavy atom. The van der Waals surface area contributed by atoms with Crippen LogP contribution >= 0.6 is 11.6 Å². The molecule has 1 aromatic carbocycles. The molecule has 0 fully saturated rings. The summed E-state index contributed by atoms with van der Waals surface area (Å²) in [5, 5.41) is 0.744. The van der Waals surface area contributed by atoms with Crippen LogP contribution in [0.25, 0.3) is 0 Å². The smallest absolute Gasteiger partial charge is 0.119 e. The monoisotopic (exact) mass is 187 g/mol. The number of rotatable bonds is 3. The van der Waals surface area contributed by atoms with Gasteiger partial charge in [-0.3, -0.25) is 0 Å². The van der Waals surface area contributed by atoms with Gasteiger partial charge >= 0.3 is 0 Å². The van der Waals surface area contributed by atoms with Crippen molar-refractivity contribution in [2.45, 2.75) is 13.3 Å². The van der Waals surface area contributed by atoms with Crippen molar-refractivity contribution in [3.8, 4) is 5.75 Å². The summed E-state index contributed by atoms with van der Waals surface area (Å²) in [6, 6.07) is 7.40. The summed E-state index contributed by atoms with van der Waals surface area (Å²) in [6.07, 6.45) is 1.03. The van der Waals surface area contributed by atoms with Crippen LogP contribution in [0.15, 0.2) is 24.3 Å². The first kappa shape index (κ1) is 11.3. The molecule has 1 aromatic rings. The normalized spacial score (nSPS) is 8.83. The second-order valence-electron chi connectivity index (χ2n) is 2.30. The topological polar surface area (TPSA) is 44.2 Å². The Morgan fingerprint density at radius 1 is 1.25 bits per heavy atom. The molecule has 3 N–H and O–H groups in total. The minimum Gasteiger partial charge on any atom is -0.494 e. The van der Waals surface area contributed by atoms with Gasteiger partial charge in [0.15, 0.2) is 0 Å². The minimum atomic E-state index is 0. The zero-order chi connectivity index (χ0) is 8.10. The maximum absolute atomic E-state index is 5.69. The minimum absolute atomic E-state index is 0. The Bertz CT molecular complexity index is 210. The summed E-state index contributed by atoms with van der Waals surface area (Å²) < 4.78 is 5.35. The van der Waals surface area contributed by atoms with Gasteiger partial charge in [-0.15, -0.1) is 0 Å². The molecule has 0 atom stereocenters. The van der Waals surface area contributed by atoms with Gasteiger partial charge in [0.25, 0.3) is 0 Å². The average Bonchev–Trinajstić information content (AvgIpc) is 2.04. The molecule has 1 rings (SSSR count). The molecule has 0 bridgehead atoms. The fraction of sp³-hybridized carbons (Fsp3) is 0.333. The van der Waals surface area contributed by atoms with E-state index in [1.54, 1.807) is 0 Å². The first-order chi connectivity index (χ1) is 5.33. The van der Waals surface area contributed by atoms with Crippen molar-refractivity contribution in [2.75, 3.05) is 6.61 Å². The number of benzene rings is 1. The van der Waals surface area contributed by atoms with Crippen molar-refractivity contribution in [3.05, 3.63) is 29.3 Å². The van der Waals surface area contributed by atoms with Gasteiger partial charge in [-0.05, 0) is 30.7 Å². The van der Waals surface area contributed by atoms with Crippen LogP contribution in [-0.4, -0.2) is 6.61 Å². The lowest BCUT2D eigenvalue weighted by atomic mass is 10.3. The Hall–Kier alpha value is -0.730.